The van der Waals surface area contributed by atoms with Gasteiger partial charge in [-0.2, -0.15) is 0 Å². The van der Waals surface area contributed by atoms with Crippen LogP contribution in [0.3, 0.4) is 0 Å². The lowest BCUT2D eigenvalue weighted by Crippen LogP contribution is -2.42. The van der Waals surface area contributed by atoms with E-state index in [1.807, 2.05) is 0 Å². The molecule has 112 valence electrons. The first-order valence-electron chi connectivity index (χ1n) is 6.17. The normalized spacial score (nSPS) is 35.2. The Bertz CT molecular complexity index is 424. The topological polar surface area (TPSA) is 88.1 Å². The second kappa shape index (κ2) is 6.01. The van der Waals surface area contributed by atoms with Gasteiger partial charge < -0.3 is 18.9 Å². The maximum Gasteiger partial charge on any atom is 0.303 e. The standard InChI is InChI=1S/C12H16O7S/c1-5(13)16-9-8-4-20-12(18-7(3)15)11(19-8)10(9)17-6(2)14/h8-12H,4H2,1-3H3/t8-,9-,10+,11-,12+/m1/s1. The Kier molecular flexibility index (Phi) is 4.54. The molecule has 2 saturated heterocycles. The number of hydrogen-bond donors (Lipinski definition) is 0. The molecular weight excluding hydrogens is 288 g/mol. The molecule has 2 aliphatic heterocycles. The molecule has 2 rings (SSSR count). The van der Waals surface area contributed by atoms with Gasteiger partial charge in [0.2, 0.25) is 0 Å². The van der Waals surface area contributed by atoms with E-state index < -0.39 is 41.7 Å². The summed E-state index contributed by atoms with van der Waals surface area (Å²) in [4.78, 5) is 33.5. The highest BCUT2D eigenvalue weighted by Crippen LogP contribution is 2.40. The molecule has 0 aromatic rings. The quantitative estimate of drug-likeness (QED) is 0.542. The van der Waals surface area contributed by atoms with Gasteiger partial charge in [0.15, 0.2) is 17.6 Å². The van der Waals surface area contributed by atoms with E-state index in [9.17, 15) is 14.4 Å². The van der Waals surface area contributed by atoms with E-state index in [2.05, 4.69) is 0 Å². The third-order valence-electron chi connectivity index (χ3n) is 2.93. The first-order chi connectivity index (χ1) is 9.38. The Labute approximate surface area is 120 Å². The Hall–Kier alpha value is -1.28. The van der Waals surface area contributed by atoms with Gasteiger partial charge in [-0.05, 0) is 0 Å². The molecule has 7 nitrogen and oxygen atoms in total. The summed E-state index contributed by atoms with van der Waals surface area (Å²) in [5.74, 6) is -0.932. The molecule has 0 saturated carbocycles. The summed E-state index contributed by atoms with van der Waals surface area (Å²) in [7, 11) is 0. The van der Waals surface area contributed by atoms with Crippen molar-refractivity contribution < 1.29 is 33.3 Å². The number of rotatable bonds is 3. The van der Waals surface area contributed by atoms with Crippen LogP contribution >= 0.6 is 11.8 Å². The van der Waals surface area contributed by atoms with Crippen LogP contribution < -0.4 is 0 Å². The zero-order valence-corrected chi connectivity index (χ0v) is 12.2. The minimum atomic E-state index is -0.763. The zero-order valence-electron chi connectivity index (χ0n) is 11.4. The van der Waals surface area contributed by atoms with Crippen molar-refractivity contribution in [3.63, 3.8) is 0 Å². The molecule has 0 aromatic carbocycles. The van der Waals surface area contributed by atoms with Gasteiger partial charge in [0.25, 0.3) is 0 Å². The minimum Gasteiger partial charge on any atom is -0.456 e. The Morgan fingerprint density at radius 3 is 2.05 bits per heavy atom. The molecule has 2 heterocycles. The molecule has 20 heavy (non-hydrogen) atoms. The number of ether oxygens (including phenoxy) is 4. The van der Waals surface area contributed by atoms with Crippen LogP contribution in [-0.2, 0) is 33.3 Å². The number of carbonyl (C=O) groups is 3. The molecule has 0 amide bonds. The molecule has 5 atom stereocenters. The fourth-order valence-corrected chi connectivity index (χ4v) is 3.58. The number of thioether (sulfide) groups is 1. The second-order valence-corrected chi connectivity index (χ2v) is 5.73. The van der Waals surface area contributed by atoms with Crippen molar-refractivity contribution in [3.05, 3.63) is 0 Å². The predicted octanol–water partition coefficient (Wildman–Crippen LogP) is 0.253. The average Bonchev–Trinajstić information content (AvgIpc) is 2.57. The van der Waals surface area contributed by atoms with Gasteiger partial charge in [-0.25, -0.2) is 0 Å². The van der Waals surface area contributed by atoms with Crippen LogP contribution in [0.25, 0.3) is 0 Å². The van der Waals surface area contributed by atoms with Crippen molar-refractivity contribution in [2.24, 2.45) is 0 Å². The summed E-state index contributed by atoms with van der Waals surface area (Å²) < 4.78 is 21.2. The van der Waals surface area contributed by atoms with E-state index in [0.717, 1.165) is 0 Å². The minimum absolute atomic E-state index is 0.370. The van der Waals surface area contributed by atoms with Gasteiger partial charge >= 0.3 is 17.9 Å². The fraction of sp³-hybridized carbons (Fsp3) is 0.750. The molecular formula is C12H16O7S. The number of hydrogen-bond acceptors (Lipinski definition) is 8. The van der Waals surface area contributed by atoms with Gasteiger partial charge in [0.1, 0.15) is 12.2 Å². The summed E-state index contributed by atoms with van der Waals surface area (Å²) in [6.45, 7) is 3.84. The molecule has 2 aliphatic rings. The Morgan fingerprint density at radius 2 is 1.50 bits per heavy atom. The third kappa shape index (κ3) is 3.24. The summed E-state index contributed by atoms with van der Waals surface area (Å²) in [6.07, 6.45) is -2.43. The van der Waals surface area contributed by atoms with E-state index in [1.54, 1.807) is 0 Å². The van der Waals surface area contributed by atoms with Gasteiger partial charge in [-0.15, -0.1) is 11.8 Å². The molecule has 2 fully saturated rings. The highest BCUT2D eigenvalue weighted by atomic mass is 32.2. The van der Waals surface area contributed by atoms with Gasteiger partial charge in [-0.1, -0.05) is 0 Å². The summed E-state index contributed by atoms with van der Waals surface area (Å²) in [5.41, 5.74) is -0.575. The third-order valence-corrected chi connectivity index (χ3v) is 4.14. The van der Waals surface area contributed by atoms with E-state index >= 15 is 0 Å². The molecule has 2 bridgehead atoms. The number of esters is 3. The Balaban J connectivity index is 2.17. The fourth-order valence-electron chi connectivity index (χ4n) is 2.32. The summed E-state index contributed by atoms with van der Waals surface area (Å²) in [6, 6.07) is 0. The van der Waals surface area contributed by atoms with E-state index in [4.69, 9.17) is 18.9 Å². The predicted molar refractivity (Wildman–Crippen MR) is 67.8 cm³/mol. The number of fused-ring (bicyclic) bond motifs is 2. The lowest BCUT2D eigenvalue weighted by Gasteiger charge is -2.28. The number of carbonyl (C=O) groups excluding carboxylic acids is 3. The monoisotopic (exact) mass is 304 g/mol. The molecule has 0 aromatic heterocycles. The van der Waals surface area contributed by atoms with E-state index in [-0.39, 0.29) is 6.10 Å². The Morgan fingerprint density at radius 1 is 0.950 bits per heavy atom. The molecule has 8 heteroatoms. The van der Waals surface area contributed by atoms with Crippen LogP contribution in [-0.4, -0.2) is 53.5 Å². The van der Waals surface area contributed by atoms with Crippen molar-refractivity contribution in [1.82, 2.24) is 0 Å². The van der Waals surface area contributed by atoms with Crippen molar-refractivity contribution in [3.8, 4) is 0 Å². The van der Waals surface area contributed by atoms with E-state index in [0.29, 0.717) is 5.75 Å². The highest BCUT2D eigenvalue weighted by molar-refractivity contribution is 7.99. The first kappa shape index (κ1) is 15.1. The van der Waals surface area contributed by atoms with Gasteiger partial charge in [0, 0.05) is 26.5 Å². The van der Waals surface area contributed by atoms with Crippen molar-refractivity contribution >= 4 is 29.7 Å². The molecule has 0 unspecified atom stereocenters. The average molecular weight is 304 g/mol. The van der Waals surface area contributed by atoms with Crippen molar-refractivity contribution in [1.29, 1.82) is 0 Å². The maximum atomic E-state index is 11.2. The largest absolute Gasteiger partial charge is 0.456 e. The van der Waals surface area contributed by atoms with Crippen LogP contribution in [0, 0.1) is 0 Å². The van der Waals surface area contributed by atoms with Crippen LogP contribution in [0.2, 0.25) is 0 Å². The lowest BCUT2D eigenvalue weighted by molar-refractivity contribution is -0.166. The van der Waals surface area contributed by atoms with Crippen molar-refractivity contribution in [2.75, 3.05) is 5.75 Å². The van der Waals surface area contributed by atoms with Crippen LogP contribution in [0.5, 0.6) is 0 Å². The highest BCUT2D eigenvalue weighted by Gasteiger charge is 2.56. The molecule has 0 radical (unpaired) electrons. The SMILES string of the molecule is CC(=O)O[C@@H]1[C@H]2O[C@H](CS[C@@H]2OC(C)=O)[C@H]1OC(C)=O. The van der Waals surface area contributed by atoms with Crippen LogP contribution in [0.4, 0.5) is 0 Å². The summed E-state index contributed by atoms with van der Waals surface area (Å²) >= 11 is 1.38. The first-order valence-corrected chi connectivity index (χ1v) is 7.22. The molecule has 0 spiro atoms. The van der Waals surface area contributed by atoms with Gasteiger partial charge in [-0.3, -0.25) is 14.4 Å². The van der Waals surface area contributed by atoms with Crippen LogP contribution in [0.15, 0.2) is 0 Å². The maximum absolute atomic E-state index is 11.2. The van der Waals surface area contributed by atoms with Crippen LogP contribution in [0.1, 0.15) is 20.8 Å². The zero-order chi connectivity index (χ0) is 14.9. The molecule has 0 N–H and O–H groups in total. The smallest absolute Gasteiger partial charge is 0.303 e. The van der Waals surface area contributed by atoms with Gasteiger partial charge in [0.05, 0.1) is 0 Å². The lowest BCUT2D eigenvalue weighted by atomic mass is 10.1. The van der Waals surface area contributed by atoms with Crippen molar-refractivity contribution in [2.45, 2.75) is 50.6 Å². The second-order valence-electron chi connectivity index (χ2n) is 4.60. The van der Waals surface area contributed by atoms with E-state index in [1.165, 1.54) is 32.5 Å². The molecule has 0 aliphatic carbocycles. The summed E-state index contributed by atoms with van der Waals surface area (Å²) in [5, 5.41) is 0.